The molecule has 0 fully saturated rings. The molecule has 0 heterocycles. The van der Waals surface area contributed by atoms with Crippen molar-refractivity contribution in [3.05, 3.63) is 66.6 Å². The number of nitrogens with one attached hydrogen (secondary N) is 1. The minimum atomic E-state index is -0.567. The van der Waals surface area contributed by atoms with E-state index in [-0.39, 0.29) is 27.0 Å². The van der Waals surface area contributed by atoms with Crippen molar-refractivity contribution in [2.75, 3.05) is 5.32 Å². The van der Waals surface area contributed by atoms with Gasteiger partial charge in [-0.15, -0.1) is 0 Å². The Morgan fingerprint density at radius 3 is 2.57 bits per heavy atom. The fraction of sp³-hybridized carbons (Fsp3) is 0. The standard InChI is InChI=1S/C13H7BrCl2N2O3/c14-9-3-1-2-8(12(9)16)13(19)17-11-5-4-7(18(20)21)6-10(11)15/h1-6H,(H,17,19). The van der Waals surface area contributed by atoms with Crippen LogP contribution in [0.25, 0.3) is 0 Å². The fourth-order valence-corrected chi connectivity index (χ4v) is 2.39. The first-order valence-corrected chi connectivity index (χ1v) is 7.14. The highest BCUT2D eigenvalue weighted by atomic mass is 79.9. The van der Waals surface area contributed by atoms with Crippen LogP contribution in [-0.4, -0.2) is 10.8 Å². The van der Waals surface area contributed by atoms with Crippen LogP contribution >= 0.6 is 39.1 Å². The second-order valence-corrected chi connectivity index (χ2v) is 5.62. The van der Waals surface area contributed by atoms with Gasteiger partial charge in [0.05, 0.1) is 26.2 Å². The lowest BCUT2D eigenvalue weighted by Gasteiger charge is -2.09. The Labute approximate surface area is 138 Å². The van der Waals surface area contributed by atoms with Gasteiger partial charge >= 0.3 is 0 Å². The van der Waals surface area contributed by atoms with Crippen molar-refractivity contribution in [3.63, 3.8) is 0 Å². The minimum absolute atomic E-state index is 0.0728. The molecule has 0 bridgehead atoms. The van der Waals surface area contributed by atoms with Crippen LogP contribution < -0.4 is 5.32 Å². The maximum Gasteiger partial charge on any atom is 0.271 e. The zero-order valence-electron chi connectivity index (χ0n) is 10.3. The molecule has 0 radical (unpaired) electrons. The molecule has 21 heavy (non-hydrogen) atoms. The molecular formula is C13H7BrCl2N2O3. The van der Waals surface area contributed by atoms with Crippen LogP contribution in [0.15, 0.2) is 40.9 Å². The van der Waals surface area contributed by atoms with Crippen LogP contribution in [0, 0.1) is 10.1 Å². The Morgan fingerprint density at radius 1 is 1.24 bits per heavy atom. The number of amides is 1. The third kappa shape index (κ3) is 3.53. The number of nitro benzene ring substituents is 1. The first-order valence-electron chi connectivity index (χ1n) is 5.59. The van der Waals surface area contributed by atoms with E-state index >= 15 is 0 Å². The molecule has 0 aliphatic heterocycles. The van der Waals surface area contributed by atoms with Gasteiger partial charge < -0.3 is 5.32 Å². The van der Waals surface area contributed by atoms with Crippen molar-refractivity contribution in [1.82, 2.24) is 0 Å². The summed E-state index contributed by atoms with van der Waals surface area (Å²) in [5.74, 6) is -0.461. The van der Waals surface area contributed by atoms with Gasteiger partial charge in [-0.1, -0.05) is 29.3 Å². The molecule has 108 valence electrons. The lowest BCUT2D eigenvalue weighted by molar-refractivity contribution is -0.384. The number of nitro groups is 1. The van der Waals surface area contributed by atoms with Crippen LogP contribution in [0.3, 0.4) is 0 Å². The molecule has 0 aliphatic rings. The molecule has 0 saturated heterocycles. The molecule has 2 aromatic carbocycles. The number of nitrogens with zero attached hydrogens (tertiary/aromatic N) is 1. The zero-order chi connectivity index (χ0) is 15.6. The topological polar surface area (TPSA) is 72.2 Å². The number of anilines is 1. The predicted molar refractivity (Wildman–Crippen MR) is 85.2 cm³/mol. The van der Waals surface area contributed by atoms with E-state index in [0.29, 0.717) is 4.47 Å². The highest BCUT2D eigenvalue weighted by molar-refractivity contribution is 9.10. The van der Waals surface area contributed by atoms with Crippen molar-refractivity contribution < 1.29 is 9.72 Å². The SMILES string of the molecule is O=C(Nc1ccc([N+](=O)[O-])cc1Cl)c1cccc(Br)c1Cl. The third-order valence-corrected chi connectivity index (χ3v) is 4.22. The minimum Gasteiger partial charge on any atom is -0.321 e. The van der Waals surface area contributed by atoms with Crippen LogP contribution in [0.4, 0.5) is 11.4 Å². The first-order chi connectivity index (χ1) is 9.90. The number of hydrogen-bond donors (Lipinski definition) is 1. The van der Waals surface area contributed by atoms with Gasteiger partial charge in [0, 0.05) is 16.6 Å². The number of rotatable bonds is 3. The monoisotopic (exact) mass is 388 g/mol. The second kappa shape index (κ2) is 6.43. The quantitative estimate of drug-likeness (QED) is 0.598. The summed E-state index contributed by atoms with van der Waals surface area (Å²) >= 11 is 15.2. The summed E-state index contributed by atoms with van der Waals surface area (Å²) in [6, 6.07) is 8.72. The Hall–Kier alpha value is -1.63. The van der Waals surface area contributed by atoms with E-state index in [2.05, 4.69) is 21.2 Å². The highest BCUT2D eigenvalue weighted by Gasteiger charge is 2.15. The van der Waals surface area contributed by atoms with Gasteiger partial charge in [0.15, 0.2) is 0 Å². The normalized spacial score (nSPS) is 10.2. The number of carbonyl (C=O) groups excluding carboxylic acids is 1. The Bertz CT molecular complexity index is 737. The van der Waals surface area contributed by atoms with Gasteiger partial charge in [0.1, 0.15) is 0 Å². The summed E-state index contributed by atoms with van der Waals surface area (Å²) in [6.07, 6.45) is 0. The van der Waals surface area contributed by atoms with Crippen LogP contribution in [0.5, 0.6) is 0 Å². The van der Waals surface area contributed by atoms with E-state index in [9.17, 15) is 14.9 Å². The summed E-state index contributed by atoms with van der Waals surface area (Å²) in [7, 11) is 0. The molecule has 0 atom stereocenters. The average molecular weight is 390 g/mol. The van der Waals surface area contributed by atoms with Gasteiger partial charge in [-0.05, 0) is 34.1 Å². The lowest BCUT2D eigenvalue weighted by atomic mass is 10.2. The van der Waals surface area contributed by atoms with E-state index in [0.717, 1.165) is 0 Å². The molecule has 5 nitrogen and oxygen atoms in total. The number of hydrogen-bond acceptors (Lipinski definition) is 3. The summed E-state index contributed by atoms with van der Waals surface area (Å²) < 4.78 is 0.589. The predicted octanol–water partition coefficient (Wildman–Crippen LogP) is 4.92. The van der Waals surface area contributed by atoms with Crippen molar-refractivity contribution in [3.8, 4) is 0 Å². The van der Waals surface area contributed by atoms with E-state index in [4.69, 9.17) is 23.2 Å². The molecule has 0 unspecified atom stereocenters. The van der Waals surface area contributed by atoms with Gasteiger partial charge in [-0.25, -0.2) is 0 Å². The Kier molecular flexibility index (Phi) is 4.82. The largest absolute Gasteiger partial charge is 0.321 e. The van der Waals surface area contributed by atoms with E-state index in [1.54, 1.807) is 18.2 Å². The number of non-ortho nitro benzene ring substituents is 1. The Balaban J connectivity index is 2.28. The van der Waals surface area contributed by atoms with E-state index < -0.39 is 10.8 Å². The molecule has 1 N–H and O–H groups in total. The number of halogens is 3. The molecule has 0 aliphatic carbocycles. The van der Waals surface area contributed by atoms with E-state index in [1.807, 2.05) is 0 Å². The summed E-state index contributed by atoms with van der Waals surface area (Å²) in [5, 5.41) is 13.5. The Morgan fingerprint density at radius 2 is 1.95 bits per heavy atom. The van der Waals surface area contributed by atoms with Crippen molar-refractivity contribution in [1.29, 1.82) is 0 Å². The lowest BCUT2D eigenvalue weighted by Crippen LogP contribution is -2.13. The molecule has 0 spiro atoms. The van der Waals surface area contributed by atoms with Crippen molar-refractivity contribution >= 4 is 56.4 Å². The molecule has 2 aromatic rings. The zero-order valence-corrected chi connectivity index (χ0v) is 13.4. The smallest absolute Gasteiger partial charge is 0.271 e. The number of benzene rings is 2. The van der Waals surface area contributed by atoms with Crippen LogP contribution in [-0.2, 0) is 0 Å². The molecule has 0 saturated carbocycles. The van der Waals surface area contributed by atoms with Gasteiger partial charge in [0.25, 0.3) is 11.6 Å². The summed E-state index contributed by atoms with van der Waals surface area (Å²) in [5.41, 5.74) is 0.377. The van der Waals surface area contributed by atoms with Crippen molar-refractivity contribution in [2.24, 2.45) is 0 Å². The number of carbonyl (C=O) groups is 1. The fourth-order valence-electron chi connectivity index (χ4n) is 1.59. The maximum atomic E-state index is 12.1. The molecule has 2 rings (SSSR count). The molecule has 1 amide bonds. The van der Waals surface area contributed by atoms with Crippen molar-refractivity contribution in [2.45, 2.75) is 0 Å². The maximum absolute atomic E-state index is 12.1. The summed E-state index contributed by atoms with van der Waals surface area (Å²) in [4.78, 5) is 22.2. The third-order valence-electron chi connectivity index (χ3n) is 2.61. The molecular weight excluding hydrogens is 383 g/mol. The van der Waals surface area contributed by atoms with Gasteiger partial charge in [0.2, 0.25) is 0 Å². The average Bonchev–Trinajstić information content (AvgIpc) is 2.43. The van der Waals surface area contributed by atoms with E-state index in [1.165, 1.54) is 18.2 Å². The van der Waals surface area contributed by atoms with Crippen LogP contribution in [0.1, 0.15) is 10.4 Å². The first kappa shape index (κ1) is 15.8. The molecule has 0 aromatic heterocycles. The second-order valence-electron chi connectivity index (χ2n) is 3.98. The molecule has 8 heteroatoms. The van der Waals surface area contributed by atoms with Gasteiger partial charge in [-0.2, -0.15) is 0 Å². The highest BCUT2D eigenvalue weighted by Crippen LogP contribution is 2.29. The van der Waals surface area contributed by atoms with Gasteiger partial charge in [-0.3, -0.25) is 14.9 Å². The summed E-state index contributed by atoms with van der Waals surface area (Å²) in [6.45, 7) is 0. The van der Waals surface area contributed by atoms with Crippen LogP contribution in [0.2, 0.25) is 10.0 Å².